The molecule has 2 nitrogen and oxygen atoms in total. The minimum Gasteiger partial charge on any atom is -0.365 e. The summed E-state index contributed by atoms with van der Waals surface area (Å²) in [5.41, 5.74) is 0.0311. The van der Waals surface area contributed by atoms with Crippen LogP contribution in [0.3, 0.4) is 0 Å². The maximum atomic E-state index is 4.26. The molecule has 0 fully saturated rings. The molecule has 1 aromatic rings. The van der Waals surface area contributed by atoms with Crippen LogP contribution in [0.5, 0.6) is 0 Å². The van der Waals surface area contributed by atoms with E-state index in [1.165, 1.54) is 0 Å². The Bertz CT molecular complexity index is 305. The Hall–Kier alpha value is -0.0900. The number of hydrogen-bond donors (Lipinski definition) is 1. The zero-order valence-electron chi connectivity index (χ0n) is 7.86. The summed E-state index contributed by atoms with van der Waals surface area (Å²) in [6.45, 7) is 6.30. The Morgan fingerprint density at radius 2 is 1.92 bits per heavy atom. The van der Waals surface area contributed by atoms with Gasteiger partial charge in [0.15, 0.2) is 0 Å². The van der Waals surface area contributed by atoms with Crippen molar-refractivity contribution in [2.45, 2.75) is 26.3 Å². The molecule has 0 aliphatic heterocycles. The second kappa shape index (κ2) is 3.96. The van der Waals surface area contributed by atoms with Crippen molar-refractivity contribution in [1.29, 1.82) is 0 Å². The summed E-state index contributed by atoms with van der Waals surface area (Å²) >= 11 is 6.80. The highest BCUT2D eigenvalue weighted by atomic mass is 79.9. The molecule has 0 saturated carbocycles. The maximum absolute atomic E-state index is 4.26. The van der Waals surface area contributed by atoms with Gasteiger partial charge in [-0.3, -0.25) is 0 Å². The lowest BCUT2D eigenvalue weighted by Crippen LogP contribution is -2.26. The summed E-state index contributed by atoms with van der Waals surface area (Å²) in [5.74, 6) is 0.871. The standard InChI is InChI=1S/C9H12Br2N2/c1-9(2,3)13-8-7(11)4-6(10)5-12-8/h4-5H,1-3H3,(H,12,13). The van der Waals surface area contributed by atoms with Crippen molar-refractivity contribution in [3.63, 3.8) is 0 Å². The van der Waals surface area contributed by atoms with Crippen LogP contribution < -0.4 is 5.32 Å². The predicted molar refractivity (Wildman–Crippen MR) is 63.0 cm³/mol. The molecule has 0 unspecified atom stereocenters. The third kappa shape index (κ3) is 3.65. The van der Waals surface area contributed by atoms with Gasteiger partial charge in [-0.25, -0.2) is 4.98 Å². The van der Waals surface area contributed by atoms with Gasteiger partial charge >= 0.3 is 0 Å². The minimum atomic E-state index is 0.0311. The van der Waals surface area contributed by atoms with Crippen LogP contribution >= 0.6 is 31.9 Å². The molecule has 0 aliphatic rings. The Morgan fingerprint density at radius 1 is 1.31 bits per heavy atom. The number of nitrogens with one attached hydrogen (secondary N) is 1. The fourth-order valence-corrected chi connectivity index (χ4v) is 1.95. The van der Waals surface area contributed by atoms with E-state index in [2.05, 4.69) is 62.9 Å². The van der Waals surface area contributed by atoms with Gasteiger partial charge in [-0.15, -0.1) is 0 Å². The van der Waals surface area contributed by atoms with Crippen LogP contribution in [0.25, 0.3) is 0 Å². The average molecular weight is 308 g/mol. The lowest BCUT2D eigenvalue weighted by molar-refractivity contribution is 0.630. The van der Waals surface area contributed by atoms with Gasteiger partial charge < -0.3 is 5.32 Å². The van der Waals surface area contributed by atoms with E-state index in [1.807, 2.05) is 6.07 Å². The molecule has 0 spiro atoms. The molecule has 4 heteroatoms. The third-order valence-electron chi connectivity index (χ3n) is 1.30. The highest BCUT2D eigenvalue weighted by Crippen LogP contribution is 2.25. The highest BCUT2D eigenvalue weighted by Gasteiger charge is 2.12. The van der Waals surface area contributed by atoms with Gasteiger partial charge in [0, 0.05) is 16.2 Å². The van der Waals surface area contributed by atoms with Crippen molar-refractivity contribution in [3.8, 4) is 0 Å². The fraction of sp³-hybridized carbons (Fsp3) is 0.444. The summed E-state index contributed by atoms with van der Waals surface area (Å²) in [4.78, 5) is 4.26. The number of aromatic nitrogens is 1. The predicted octanol–water partition coefficient (Wildman–Crippen LogP) is 3.82. The van der Waals surface area contributed by atoms with E-state index < -0.39 is 0 Å². The van der Waals surface area contributed by atoms with Gasteiger partial charge in [0.25, 0.3) is 0 Å². The summed E-state index contributed by atoms with van der Waals surface area (Å²) in [6.07, 6.45) is 1.78. The molecular formula is C9H12Br2N2. The fourth-order valence-electron chi connectivity index (χ4n) is 0.862. The molecule has 1 aromatic heterocycles. The molecule has 1 N–H and O–H groups in total. The molecule has 1 heterocycles. The number of pyridine rings is 1. The van der Waals surface area contributed by atoms with Crippen LogP contribution in [0, 0.1) is 0 Å². The van der Waals surface area contributed by atoms with Gasteiger partial charge in [0.1, 0.15) is 5.82 Å². The largest absolute Gasteiger partial charge is 0.365 e. The third-order valence-corrected chi connectivity index (χ3v) is 2.34. The second-order valence-electron chi connectivity index (χ2n) is 3.86. The van der Waals surface area contributed by atoms with Crippen LogP contribution in [-0.2, 0) is 0 Å². The van der Waals surface area contributed by atoms with E-state index in [-0.39, 0.29) is 5.54 Å². The van der Waals surface area contributed by atoms with Crippen LogP contribution in [0.4, 0.5) is 5.82 Å². The van der Waals surface area contributed by atoms with Gasteiger partial charge in [-0.05, 0) is 58.7 Å². The average Bonchev–Trinajstić information content (AvgIpc) is 1.93. The highest BCUT2D eigenvalue weighted by molar-refractivity contribution is 9.11. The molecule has 1 rings (SSSR count). The van der Waals surface area contributed by atoms with E-state index in [0.29, 0.717) is 0 Å². The number of anilines is 1. The Morgan fingerprint density at radius 3 is 2.38 bits per heavy atom. The SMILES string of the molecule is CC(C)(C)Nc1ncc(Br)cc1Br. The first-order valence-corrected chi connectivity index (χ1v) is 5.56. The number of hydrogen-bond acceptors (Lipinski definition) is 2. The first kappa shape index (κ1) is 11.0. The number of halogens is 2. The van der Waals surface area contributed by atoms with E-state index >= 15 is 0 Å². The summed E-state index contributed by atoms with van der Waals surface area (Å²) in [5, 5.41) is 3.30. The van der Waals surface area contributed by atoms with Crippen molar-refractivity contribution in [2.24, 2.45) is 0 Å². The maximum Gasteiger partial charge on any atom is 0.140 e. The second-order valence-corrected chi connectivity index (χ2v) is 5.63. The molecule has 0 amide bonds. The van der Waals surface area contributed by atoms with E-state index in [1.54, 1.807) is 6.20 Å². The number of nitrogens with zero attached hydrogens (tertiary/aromatic N) is 1. The zero-order chi connectivity index (χ0) is 10.1. The molecule has 0 aliphatic carbocycles. The van der Waals surface area contributed by atoms with E-state index in [0.717, 1.165) is 14.8 Å². The van der Waals surface area contributed by atoms with Crippen LogP contribution in [0.1, 0.15) is 20.8 Å². The Balaban J connectivity index is 2.90. The van der Waals surface area contributed by atoms with Gasteiger partial charge in [0.2, 0.25) is 0 Å². The molecule has 0 bridgehead atoms. The van der Waals surface area contributed by atoms with Gasteiger partial charge in [0.05, 0.1) is 4.47 Å². The van der Waals surface area contributed by atoms with Crippen molar-refractivity contribution < 1.29 is 0 Å². The van der Waals surface area contributed by atoms with Crippen molar-refractivity contribution in [1.82, 2.24) is 4.98 Å². The smallest absolute Gasteiger partial charge is 0.140 e. The molecule has 13 heavy (non-hydrogen) atoms. The first-order chi connectivity index (χ1) is 5.88. The Kier molecular flexibility index (Phi) is 3.35. The molecule has 0 aromatic carbocycles. The van der Waals surface area contributed by atoms with Gasteiger partial charge in [-0.1, -0.05) is 0 Å². The molecular weight excluding hydrogens is 296 g/mol. The molecule has 0 radical (unpaired) electrons. The zero-order valence-corrected chi connectivity index (χ0v) is 11.0. The van der Waals surface area contributed by atoms with Crippen LogP contribution in [-0.4, -0.2) is 10.5 Å². The molecule has 0 atom stereocenters. The molecule has 72 valence electrons. The topological polar surface area (TPSA) is 24.9 Å². The van der Waals surface area contributed by atoms with Crippen molar-refractivity contribution in [3.05, 3.63) is 21.2 Å². The van der Waals surface area contributed by atoms with Gasteiger partial charge in [-0.2, -0.15) is 0 Å². The quantitative estimate of drug-likeness (QED) is 0.853. The van der Waals surface area contributed by atoms with Crippen molar-refractivity contribution in [2.75, 3.05) is 5.32 Å². The monoisotopic (exact) mass is 306 g/mol. The normalized spacial score (nSPS) is 11.5. The lowest BCUT2D eigenvalue weighted by Gasteiger charge is -2.21. The van der Waals surface area contributed by atoms with Crippen LogP contribution in [0.2, 0.25) is 0 Å². The van der Waals surface area contributed by atoms with Crippen LogP contribution in [0.15, 0.2) is 21.2 Å². The lowest BCUT2D eigenvalue weighted by atomic mass is 10.1. The van der Waals surface area contributed by atoms with E-state index in [4.69, 9.17) is 0 Å². The first-order valence-electron chi connectivity index (χ1n) is 3.98. The van der Waals surface area contributed by atoms with Crippen molar-refractivity contribution >= 4 is 37.7 Å². The summed E-state index contributed by atoms with van der Waals surface area (Å²) in [7, 11) is 0. The minimum absolute atomic E-state index is 0.0311. The van der Waals surface area contributed by atoms with E-state index in [9.17, 15) is 0 Å². The molecule has 0 saturated heterocycles. The summed E-state index contributed by atoms with van der Waals surface area (Å²) < 4.78 is 1.94. The summed E-state index contributed by atoms with van der Waals surface area (Å²) in [6, 6.07) is 1.97. The number of rotatable bonds is 1. The Labute approximate surface area is 95.4 Å².